The number of aliphatic imine (C=N–C) groups is 4. The van der Waals surface area contributed by atoms with Crippen LogP contribution >= 0.6 is 0 Å². The van der Waals surface area contributed by atoms with Crippen LogP contribution in [0.3, 0.4) is 0 Å². The van der Waals surface area contributed by atoms with E-state index in [-0.39, 0.29) is 90.3 Å². The number of carbonyl (C=O) groups excluding carboxylic acids is 10. The largest absolute Gasteiger partial charge is 0.466 e. The number of rotatable bonds is 38. The van der Waals surface area contributed by atoms with Crippen molar-refractivity contribution in [3.05, 3.63) is 0 Å². The molecule has 69 heavy (non-hydrogen) atoms. The van der Waals surface area contributed by atoms with Crippen molar-refractivity contribution < 1.29 is 77.1 Å². The summed E-state index contributed by atoms with van der Waals surface area (Å²) < 4.78 is 20.5. The monoisotopic (exact) mass is 982 g/mol. The molecule has 0 spiro atoms. The molecule has 0 aromatic heterocycles. The predicted molar refractivity (Wildman–Crippen MR) is 250 cm³/mol. The Bertz CT molecular complexity index is 1900. The van der Waals surface area contributed by atoms with Crippen LogP contribution in [0.15, 0.2) is 20.0 Å². The predicted octanol–water partition coefficient (Wildman–Crippen LogP) is -0.968. The van der Waals surface area contributed by atoms with Crippen LogP contribution in [0, 0.1) is 0 Å². The fourth-order valence-electron chi connectivity index (χ4n) is 5.75. The van der Waals surface area contributed by atoms with Crippen molar-refractivity contribution >= 4 is 81.7 Å². The van der Waals surface area contributed by atoms with Crippen LogP contribution in [-0.4, -0.2) is 170 Å². The summed E-state index contributed by atoms with van der Waals surface area (Å²) in [6.45, 7) is 5.07. The summed E-state index contributed by atoms with van der Waals surface area (Å²) >= 11 is 0. The average molecular weight is 982 g/mol. The minimum absolute atomic E-state index is 0.0369. The van der Waals surface area contributed by atoms with E-state index in [2.05, 4.69) is 25.3 Å². The number of amides is 2. The third-order valence-corrected chi connectivity index (χ3v) is 9.79. The molecule has 0 fully saturated rings. The highest BCUT2D eigenvalue weighted by molar-refractivity contribution is 5.99. The number of Topliss-reactive ketones (excluding diaryl/α,β-unsaturated/α-hetero) is 4. The number of aliphatic hydroxyl groups is 2. The Labute approximate surface area is 401 Å². The Morgan fingerprint density at radius 3 is 1.00 bits per heavy atom. The topological polar surface area (TPSA) is 386 Å². The Kier molecular flexibility index (Phi) is 32.1. The zero-order valence-electron chi connectivity index (χ0n) is 40.6. The summed E-state index contributed by atoms with van der Waals surface area (Å²) in [5.41, 5.74) is 0.726. The van der Waals surface area contributed by atoms with Gasteiger partial charge in [0.05, 0.1) is 78.3 Å². The van der Waals surface area contributed by atoms with Crippen LogP contribution in [0.5, 0.6) is 0 Å². The van der Waals surface area contributed by atoms with E-state index < -0.39 is 109 Å². The number of carbonyl (C=O) groups is 10. The SMILES string of the molecule is CN=C(C)CCC(=O)OCCCOC(=O)CCC(C)=NCC(=O)CC(O)(CC(=O)CN=C(C)CCC(=O)OCCCOC(=O)CCC(C)=NCC(=O)CC(O)(CC(=O)CNC)C(=O)NN)C(=O)NN. The van der Waals surface area contributed by atoms with Crippen molar-refractivity contribution in [2.45, 2.75) is 129 Å². The summed E-state index contributed by atoms with van der Waals surface area (Å²) in [5.74, 6) is 3.46. The van der Waals surface area contributed by atoms with Crippen LogP contribution in [-0.2, 0) is 66.9 Å². The van der Waals surface area contributed by atoms with Gasteiger partial charge in [-0.3, -0.25) is 78.8 Å². The van der Waals surface area contributed by atoms with E-state index in [0.29, 0.717) is 30.0 Å². The molecule has 388 valence electrons. The van der Waals surface area contributed by atoms with Gasteiger partial charge in [-0.25, -0.2) is 11.7 Å². The smallest absolute Gasteiger partial charge is 0.306 e. The molecule has 25 nitrogen and oxygen atoms in total. The maximum absolute atomic E-state index is 12.7. The highest BCUT2D eigenvalue weighted by atomic mass is 16.6. The number of hydrogen-bond acceptors (Lipinski definition) is 23. The van der Waals surface area contributed by atoms with Crippen LogP contribution < -0.4 is 27.9 Å². The Balaban J connectivity index is 4.62. The maximum Gasteiger partial charge on any atom is 0.306 e. The first kappa shape index (κ1) is 63.0. The molecular weight excluding hydrogens is 911 g/mol. The van der Waals surface area contributed by atoms with Crippen molar-refractivity contribution in [2.75, 3.05) is 66.7 Å². The van der Waals surface area contributed by atoms with Crippen LogP contribution in [0.25, 0.3) is 0 Å². The Hall–Kier alpha value is -6.02. The second kappa shape index (κ2) is 35.1. The van der Waals surface area contributed by atoms with Crippen molar-refractivity contribution in [1.29, 1.82) is 0 Å². The van der Waals surface area contributed by atoms with Crippen molar-refractivity contribution in [3.8, 4) is 0 Å². The van der Waals surface area contributed by atoms with Crippen molar-refractivity contribution in [3.63, 3.8) is 0 Å². The van der Waals surface area contributed by atoms with Gasteiger partial charge in [0.15, 0.2) is 28.6 Å². The molecule has 0 aliphatic heterocycles. The molecule has 0 aliphatic rings. The van der Waals surface area contributed by atoms with Gasteiger partial charge < -0.3 is 34.5 Å². The average Bonchev–Trinajstić information content (AvgIpc) is 3.30. The van der Waals surface area contributed by atoms with Gasteiger partial charge in [0, 0.05) is 68.4 Å². The minimum Gasteiger partial charge on any atom is -0.466 e. The lowest BCUT2D eigenvalue weighted by molar-refractivity contribution is -0.148. The molecule has 2 amide bonds. The first-order valence-electron chi connectivity index (χ1n) is 22.3. The first-order chi connectivity index (χ1) is 32.5. The fourth-order valence-corrected chi connectivity index (χ4v) is 5.75. The third-order valence-electron chi connectivity index (χ3n) is 9.79. The number of ketones is 4. The molecule has 0 radical (unpaired) electrons. The molecule has 0 rings (SSSR count). The van der Waals surface area contributed by atoms with Gasteiger partial charge in [0.25, 0.3) is 11.8 Å². The van der Waals surface area contributed by atoms with Crippen LogP contribution in [0.4, 0.5) is 0 Å². The normalized spacial score (nSPS) is 13.8. The minimum atomic E-state index is -2.50. The molecule has 25 heteroatoms. The van der Waals surface area contributed by atoms with Gasteiger partial charge in [-0.1, -0.05) is 0 Å². The number of likely N-dealkylation sites (N-methyl/N-ethyl adjacent to an activating group) is 1. The van der Waals surface area contributed by atoms with E-state index in [1.807, 2.05) is 6.92 Å². The van der Waals surface area contributed by atoms with Gasteiger partial charge in [0.2, 0.25) is 0 Å². The number of nitrogens with one attached hydrogen (secondary N) is 3. The van der Waals surface area contributed by atoms with E-state index in [1.165, 1.54) is 7.05 Å². The molecule has 0 aromatic carbocycles. The molecule has 0 heterocycles. The molecular formula is C44H71N9O16. The summed E-state index contributed by atoms with van der Waals surface area (Å²) in [6.07, 6.45) is -1.49. The van der Waals surface area contributed by atoms with Gasteiger partial charge in [-0.05, 0) is 60.4 Å². The summed E-state index contributed by atoms with van der Waals surface area (Å²) in [6, 6.07) is 0. The highest BCUT2D eigenvalue weighted by Gasteiger charge is 2.41. The zero-order chi connectivity index (χ0) is 52.4. The third kappa shape index (κ3) is 30.2. The number of nitrogens with two attached hydrogens (primary N) is 2. The second-order valence-electron chi connectivity index (χ2n) is 16.1. The standard InChI is InChI=1S/C44H71N9O16/c1-29(48-6)9-13-37(58)66-17-7-18-67-38(59)15-11-31(3)50-27-35(56)23-44(65,42(63)53-46)24-36(57)28-51-32(4)12-16-40(61)69-20-8-19-68-39(60)14-10-30(2)49-26-34(55)22-43(64,41(62)52-45)21-33(54)25-47-5/h47,64-65H,7-28,45-46H2,1-6H3,(H,52,62)(H,53,63). The lowest BCUT2D eigenvalue weighted by Crippen LogP contribution is -2.52. The molecule has 0 aliphatic carbocycles. The number of ether oxygens (including phenoxy) is 4. The van der Waals surface area contributed by atoms with Crippen LogP contribution in [0.2, 0.25) is 0 Å². The van der Waals surface area contributed by atoms with Gasteiger partial charge >= 0.3 is 23.9 Å². The van der Waals surface area contributed by atoms with E-state index in [0.717, 1.165) is 5.71 Å². The lowest BCUT2D eigenvalue weighted by Gasteiger charge is -2.24. The molecule has 0 bridgehead atoms. The zero-order valence-corrected chi connectivity index (χ0v) is 40.6. The number of nitrogens with zero attached hydrogens (tertiary/aromatic N) is 4. The Morgan fingerprint density at radius 2 is 0.739 bits per heavy atom. The summed E-state index contributed by atoms with van der Waals surface area (Å²) in [5, 5.41) is 24.2. The lowest BCUT2D eigenvalue weighted by atomic mass is 9.90. The molecule has 0 aromatic rings. The first-order valence-corrected chi connectivity index (χ1v) is 22.3. The molecule has 0 saturated heterocycles. The van der Waals surface area contributed by atoms with Crippen LogP contribution in [0.1, 0.15) is 118 Å². The van der Waals surface area contributed by atoms with Crippen molar-refractivity contribution in [1.82, 2.24) is 16.2 Å². The van der Waals surface area contributed by atoms with E-state index >= 15 is 0 Å². The molecule has 0 saturated carbocycles. The molecule has 9 N–H and O–H groups in total. The Morgan fingerprint density at radius 1 is 0.464 bits per heavy atom. The summed E-state index contributed by atoms with van der Waals surface area (Å²) in [7, 11) is 3.14. The summed E-state index contributed by atoms with van der Waals surface area (Å²) in [4.78, 5) is 139. The van der Waals surface area contributed by atoms with E-state index in [1.54, 1.807) is 38.7 Å². The molecule has 2 atom stereocenters. The van der Waals surface area contributed by atoms with Crippen molar-refractivity contribution in [2.24, 2.45) is 31.7 Å². The second-order valence-corrected chi connectivity index (χ2v) is 16.1. The number of hydrogen-bond donors (Lipinski definition) is 7. The van der Waals surface area contributed by atoms with Gasteiger partial charge in [0.1, 0.15) is 5.78 Å². The van der Waals surface area contributed by atoms with E-state index in [4.69, 9.17) is 30.6 Å². The maximum atomic E-state index is 12.7. The van der Waals surface area contributed by atoms with Gasteiger partial charge in [-0.2, -0.15) is 0 Å². The molecule has 2 unspecified atom stereocenters. The van der Waals surface area contributed by atoms with E-state index in [9.17, 15) is 58.2 Å². The highest BCUT2D eigenvalue weighted by Crippen LogP contribution is 2.19. The number of esters is 4. The van der Waals surface area contributed by atoms with Gasteiger partial charge in [-0.15, -0.1) is 0 Å². The quantitative estimate of drug-likeness (QED) is 0.00744. The number of hydrazine groups is 2. The fraction of sp³-hybridized carbons (Fsp3) is 0.682.